The first-order chi connectivity index (χ1) is 15.0. The van der Waals surface area contributed by atoms with Crippen molar-refractivity contribution in [3.8, 4) is 23.1 Å². The van der Waals surface area contributed by atoms with Crippen molar-refractivity contribution in [3.05, 3.63) is 72.4 Å². The van der Waals surface area contributed by atoms with Crippen LogP contribution in [0.3, 0.4) is 0 Å². The number of pyridine rings is 1. The van der Waals surface area contributed by atoms with E-state index in [1.807, 2.05) is 81.4 Å². The van der Waals surface area contributed by atoms with Gasteiger partial charge in [0.1, 0.15) is 17.2 Å². The molecule has 0 bridgehead atoms. The number of hydrogen-bond acceptors (Lipinski definition) is 5. The third kappa shape index (κ3) is 7.22. The molecular formula is C24H28N4O3. The van der Waals surface area contributed by atoms with Crippen LogP contribution < -0.4 is 25.3 Å². The molecule has 0 radical (unpaired) electrons. The first-order valence-electron chi connectivity index (χ1n) is 10.2. The van der Waals surface area contributed by atoms with E-state index in [1.165, 1.54) is 0 Å². The highest BCUT2D eigenvalue weighted by Gasteiger charge is 2.03. The summed E-state index contributed by atoms with van der Waals surface area (Å²) in [5.41, 5.74) is 7.79. The molecular weight excluding hydrogens is 392 g/mol. The van der Waals surface area contributed by atoms with E-state index in [-0.39, 0.29) is 6.10 Å². The zero-order valence-corrected chi connectivity index (χ0v) is 18.0. The van der Waals surface area contributed by atoms with Gasteiger partial charge >= 0.3 is 0 Å². The van der Waals surface area contributed by atoms with Gasteiger partial charge in [-0.15, -0.1) is 0 Å². The van der Waals surface area contributed by atoms with Crippen molar-refractivity contribution in [1.29, 1.82) is 0 Å². The summed E-state index contributed by atoms with van der Waals surface area (Å²) in [6.07, 6.45) is 1.82. The van der Waals surface area contributed by atoms with E-state index in [0.717, 1.165) is 22.7 Å². The smallest absolute Gasteiger partial charge is 0.219 e. The van der Waals surface area contributed by atoms with Crippen molar-refractivity contribution >= 4 is 11.6 Å². The topological polar surface area (TPSA) is 91.0 Å². The summed E-state index contributed by atoms with van der Waals surface area (Å²) in [6.45, 7) is 6.95. The van der Waals surface area contributed by atoms with Crippen LogP contribution in [0.4, 0.5) is 5.69 Å². The average Bonchev–Trinajstić information content (AvgIpc) is 2.75. The number of guanidine groups is 1. The minimum Gasteiger partial charge on any atom is -0.494 e. The Labute approximate surface area is 182 Å². The molecule has 0 spiro atoms. The minimum absolute atomic E-state index is 0.133. The summed E-state index contributed by atoms with van der Waals surface area (Å²) in [5.74, 6) is 3.11. The second-order valence-corrected chi connectivity index (χ2v) is 7.03. The lowest BCUT2D eigenvalue weighted by molar-refractivity contribution is 0.242. The first-order valence-corrected chi connectivity index (χ1v) is 10.2. The summed E-state index contributed by atoms with van der Waals surface area (Å²) >= 11 is 0. The molecule has 3 aromatic rings. The molecule has 3 rings (SSSR count). The van der Waals surface area contributed by atoms with Gasteiger partial charge in [0.05, 0.1) is 19.3 Å². The molecule has 0 aliphatic heterocycles. The summed E-state index contributed by atoms with van der Waals surface area (Å²) in [4.78, 5) is 8.65. The summed E-state index contributed by atoms with van der Waals surface area (Å²) in [6, 6.07) is 18.7. The number of ether oxygens (including phenoxy) is 3. The number of anilines is 1. The number of aromatic nitrogens is 1. The minimum atomic E-state index is 0.133. The number of rotatable bonds is 9. The molecule has 31 heavy (non-hydrogen) atoms. The fourth-order valence-electron chi connectivity index (χ4n) is 2.75. The molecule has 0 fully saturated rings. The lowest BCUT2D eigenvalue weighted by atomic mass is 10.2. The lowest BCUT2D eigenvalue weighted by Crippen LogP contribution is -2.22. The van der Waals surface area contributed by atoms with E-state index in [4.69, 9.17) is 19.9 Å². The quantitative estimate of drug-likeness (QED) is 0.374. The highest BCUT2D eigenvalue weighted by molar-refractivity contribution is 5.92. The van der Waals surface area contributed by atoms with E-state index >= 15 is 0 Å². The molecule has 7 nitrogen and oxygen atoms in total. The maximum Gasteiger partial charge on any atom is 0.219 e. The Morgan fingerprint density at radius 1 is 1.00 bits per heavy atom. The number of nitrogens with zero attached hydrogens (tertiary/aromatic N) is 2. The van der Waals surface area contributed by atoms with Crippen LogP contribution in [0.15, 0.2) is 71.9 Å². The van der Waals surface area contributed by atoms with Crippen LogP contribution in [0.2, 0.25) is 0 Å². The van der Waals surface area contributed by atoms with Gasteiger partial charge in [-0.3, -0.25) is 0 Å². The van der Waals surface area contributed by atoms with Gasteiger partial charge in [-0.05, 0) is 80.9 Å². The Morgan fingerprint density at radius 2 is 1.68 bits per heavy atom. The van der Waals surface area contributed by atoms with Crippen LogP contribution in [0.1, 0.15) is 26.3 Å². The van der Waals surface area contributed by atoms with Crippen LogP contribution in [0, 0.1) is 0 Å². The largest absolute Gasteiger partial charge is 0.494 e. The van der Waals surface area contributed by atoms with Gasteiger partial charge in [0.15, 0.2) is 5.96 Å². The van der Waals surface area contributed by atoms with Gasteiger partial charge in [0, 0.05) is 18.0 Å². The molecule has 0 saturated heterocycles. The Hall–Kier alpha value is -3.74. The lowest BCUT2D eigenvalue weighted by Gasteiger charge is -2.11. The van der Waals surface area contributed by atoms with Crippen LogP contribution in [-0.2, 0) is 6.54 Å². The number of hydrogen-bond donors (Lipinski definition) is 2. The van der Waals surface area contributed by atoms with Crippen molar-refractivity contribution in [2.24, 2.45) is 10.7 Å². The van der Waals surface area contributed by atoms with Gasteiger partial charge in [-0.25, -0.2) is 9.98 Å². The maximum atomic E-state index is 6.02. The first kappa shape index (κ1) is 22.0. The fraction of sp³-hybridized carbons (Fsp3) is 0.250. The standard InChI is InChI=1S/C24H28N4O3/c1-4-29-20-9-11-22(12-10-20)31-23-15-18(13-14-26-23)16-27-24(25)28-19-5-7-21(8-6-19)30-17(2)3/h5-15,17H,4,16H2,1-3H3,(H3,25,27,28). The molecule has 0 aliphatic carbocycles. The fourth-order valence-corrected chi connectivity index (χ4v) is 2.75. The second kappa shape index (κ2) is 10.9. The number of aliphatic imine (C=N–C) groups is 1. The normalized spacial score (nSPS) is 11.3. The average molecular weight is 421 g/mol. The van der Waals surface area contributed by atoms with Crippen LogP contribution >= 0.6 is 0 Å². The number of nitrogens with two attached hydrogens (primary N) is 1. The van der Waals surface area contributed by atoms with E-state index in [1.54, 1.807) is 6.20 Å². The molecule has 0 saturated carbocycles. The second-order valence-electron chi connectivity index (χ2n) is 7.03. The van der Waals surface area contributed by atoms with Crippen molar-refractivity contribution in [2.75, 3.05) is 11.9 Å². The zero-order chi connectivity index (χ0) is 22.1. The molecule has 2 aromatic carbocycles. The molecule has 0 atom stereocenters. The van der Waals surface area contributed by atoms with Crippen LogP contribution in [0.5, 0.6) is 23.1 Å². The van der Waals surface area contributed by atoms with Gasteiger partial charge in [-0.1, -0.05) is 0 Å². The number of benzene rings is 2. The van der Waals surface area contributed by atoms with Crippen molar-refractivity contribution < 1.29 is 14.2 Å². The van der Waals surface area contributed by atoms with Crippen molar-refractivity contribution in [3.63, 3.8) is 0 Å². The van der Waals surface area contributed by atoms with Crippen molar-refractivity contribution in [2.45, 2.75) is 33.4 Å². The zero-order valence-electron chi connectivity index (χ0n) is 18.0. The molecule has 1 aromatic heterocycles. The maximum absolute atomic E-state index is 6.02. The Bertz CT molecular complexity index is 986. The van der Waals surface area contributed by atoms with E-state index < -0.39 is 0 Å². The van der Waals surface area contributed by atoms with Crippen LogP contribution in [-0.4, -0.2) is 23.7 Å². The van der Waals surface area contributed by atoms with Gasteiger partial charge < -0.3 is 25.3 Å². The summed E-state index contributed by atoms with van der Waals surface area (Å²) in [5, 5.41) is 3.08. The molecule has 0 amide bonds. The Balaban J connectivity index is 1.56. The number of nitrogens with one attached hydrogen (secondary N) is 1. The van der Waals surface area contributed by atoms with Gasteiger partial charge in [-0.2, -0.15) is 0 Å². The molecule has 3 N–H and O–H groups in total. The molecule has 0 aliphatic rings. The van der Waals surface area contributed by atoms with Gasteiger partial charge in [0.2, 0.25) is 5.88 Å². The summed E-state index contributed by atoms with van der Waals surface area (Å²) in [7, 11) is 0. The van der Waals surface area contributed by atoms with Gasteiger partial charge in [0.25, 0.3) is 0 Å². The molecule has 0 unspecified atom stereocenters. The Morgan fingerprint density at radius 3 is 2.35 bits per heavy atom. The molecule has 162 valence electrons. The monoisotopic (exact) mass is 420 g/mol. The molecule has 7 heteroatoms. The third-order valence-corrected chi connectivity index (χ3v) is 4.09. The van der Waals surface area contributed by atoms with Crippen LogP contribution in [0.25, 0.3) is 0 Å². The highest BCUT2D eigenvalue weighted by Crippen LogP contribution is 2.23. The van der Waals surface area contributed by atoms with Crippen molar-refractivity contribution in [1.82, 2.24) is 4.98 Å². The summed E-state index contributed by atoms with van der Waals surface area (Å²) < 4.78 is 16.9. The Kier molecular flexibility index (Phi) is 7.70. The predicted molar refractivity (Wildman–Crippen MR) is 123 cm³/mol. The third-order valence-electron chi connectivity index (χ3n) is 4.09. The van der Waals surface area contributed by atoms with E-state index in [9.17, 15) is 0 Å². The SMILES string of the molecule is CCOc1ccc(Oc2cc(CN=C(N)Nc3ccc(OC(C)C)cc3)ccn2)cc1. The predicted octanol–water partition coefficient (Wildman–Crippen LogP) is 4.99. The van der Waals surface area contributed by atoms with E-state index in [2.05, 4.69) is 15.3 Å². The molecule has 1 heterocycles. The highest BCUT2D eigenvalue weighted by atomic mass is 16.5. The van der Waals surface area contributed by atoms with E-state index in [0.29, 0.717) is 30.7 Å².